The van der Waals surface area contributed by atoms with Crippen molar-refractivity contribution < 1.29 is 4.79 Å². The summed E-state index contributed by atoms with van der Waals surface area (Å²) >= 11 is 3.48. The fourth-order valence-electron chi connectivity index (χ4n) is 3.46. The monoisotopic (exact) mass is 462 g/mol. The number of hydrazone groups is 1. The van der Waals surface area contributed by atoms with Gasteiger partial charge in [-0.15, -0.1) is 0 Å². The lowest BCUT2D eigenvalue weighted by molar-refractivity contribution is 0.0955. The average Bonchev–Trinajstić information content (AvgIpc) is 3.18. The molecule has 3 aromatic carbocycles. The van der Waals surface area contributed by atoms with Crippen LogP contribution in [0.2, 0.25) is 0 Å². The molecule has 1 N–H and O–H groups in total. The third-order valence-electron chi connectivity index (χ3n) is 5.17. The lowest BCUT2D eigenvalue weighted by atomic mass is 10.1. The maximum atomic E-state index is 12.5. The van der Waals surface area contributed by atoms with E-state index < -0.39 is 0 Å². The highest BCUT2D eigenvalue weighted by molar-refractivity contribution is 9.10. The Hall–Kier alpha value is -3.12. The molecule has 0 bridgehead atoms. The van der Waals surface area contributed by atoms with Crippen LogP contribution in [0, 0.1) is 0 Å². The minimum atomic E-state index is -0.207. The smallest absolute Gasteiger partial charge is 0.271 e. The Morgan fingerprint density at radius 1 is 1.00 bits per heavy atom. The largest absolute Gasteiger partial charge is 0.378 e. The number of hydrogen-bond donors (Lipinski definition) is 1. The molecule has 0 atom stereocenters. The van der Waals surface area contributed by atoms with E-state index in [4.69, 9.17) is 0 Å². The summed E-state index contributed by atoms with van der Waals surface area (Å²) in [5.74, 6) is -0.207. The third kappa shape index (κ3) is 4.54. The summed E-state index contributed by atoms with van der Waals surface area (Å²) in [6, 6.07) is 22.1. The first-order valence-corrected chi connectivity index (χ1v) is 10.5. The predicted octanol–water partition coefficient (Wildman–Crippen LogP) is 4.80. The summed E-state index contributed by atoms with van der Waals surface area (Å²) in [6.45, 7) is 1.64. The van der Waals surface area contributed by atoms with Crippen molar-refractivity contribution in [2.24, 2.45) is 5.10 Å². The topological polar surface area (TPSA) is 47.9 Å². The molecular formula is C24H23BrN4O. The Kier molecular flexibility index (Phi) is 5.86. The molecule has 4 rings (SSSR count). The number of carbonyl (C=O) groups excluding carboxylic acids is 1. The summed E-state index contributed by atoms with van der Waals surface area (Å²) in [5, 5.41) is 4.10. The van der Waals surface area contributed by atoms with E-state index >= 15 is 0 Å². The number of nitrogens with one attached hydrogen (secondary N) is 1. The molecule has 0 saturated heterocycles. The van der Waals surface area contributed by atoms with Crippen molar-refractivity contribution in [3.8, 4) is 0 Å². The highest BCUT2D eigenvalue weighted by Gasteiger charge is 2.20. The lowest BCUT2D eigenvalue weighted by Crippen LogP contribution is -2.18. The van der Waals surface area contributed by atoms with E-state index in [0.29, 0.717) is 5.56 Å². The van der Waals surface area contributed by atoms with E-state index in [-0.39, 0.29) is 5.91 Å². The van der Waals surface area contributed by atoms with Crippen LogP contribution < -0.4 is 15.2 Å². The van der Waals surface area contributed by atoms with Crippen LogP contribution in [-0.4, -0.2) is 26.2 Å². The number of hydrogen-bond acceptors (Lipinski definition) is 4. The Balaban J connectivity index is 1.39. The molecule has 0 spiro atoms. The van der Waals surface area contributed by atoms with Gasteiger partial charge in [-0.25, -0.2) is 5.43 Å². The molecule has 5 nitrogen and oxygen atoms in total. The highest BCUT2D eigenvalue weighted by atomic mass is 79.9. The van der Waals surface area contributed by atoms with Crippen LogP contribution >= 0.6 is 15.9 Å². The molecule has 6 heteroatoms. The van der Waals surface area contributed by atoms with Gasteiger partial charge < -0.3 is 9.80 Å². The van der Waals surface area contributed by atoms with Crippen LogP contribution in [0.5, 0.6) is 0 Å². The van der Waals surface area contributed by atoms with Gasteiger partial charge in [0.2, 0.25) is 0 Å². The highest BCUT2D eigenvalue weighted by Crippen LogP contribution is 2.29. The zero-order valence-corrected chi connectivity index (χ0v) is 18.6. The van der Waals surface area contributed by atoms with Gasteiger partial charge in [0, 0.05) is 48.6 Å². The first kappa shape index (κ1) is 20.2. The number of amides is 1. The van der Waals surface area contributed by atoms with Gasteiger partial charge >= 0.3 is 0 Å². The van der Waals surface area contributed by atoms with Gasteiger partial charge in [0.25, 0.3) is 5.91 Å². The van der Waals surface area contributed by atoms with Gasteiger partial charge in [-0.2, -0.15) is 5.10 Å². The van der Waals surface area contributed by atoms with Crippen molar-refractivity contribution in [3.63, 3.8) is 0 Å². The van der Waals surface area contributed by atoms with E-state index in [2.05, 4.69) is 43.5 Å². The van der Waals surface area contributed by atoms with E-state index in [1.807, 2.05) is 73.6 Å². The molecule has 1 aliphatic rings. The summed E-state index contributed by atoms with van der Waals surface area (Å²) in [5.41, 5.74) is 8.89. The molecule has 0 fully saturated rings. The Morgan fingerprint density at radius 2 is 1.70 bits per heavy atom. The number of benzene rings is 3. The van der Waals surface area contributed by atoms with Crippen molar-refractivity contribution >= 4 is 39.4 Å². The second kappa shape index (κ2) is 8.71. The number of carbonyl (C=O) groups is 1. The summed E-state index contributed by atoms with van der Waals surface area (Å²) in [7, 11) is 4.00. The summed E-state index contributed by atoms with van der Waals surface area (Å²) in [4.78, 5) is 16.9. The predicted molar refractivity (Wildman–Crippen MR) is 126 cm³/mol. The van der Waals surface area contributed by atoms with E-state index in [1.165, 1.54) is 16.8 Å². The molecule has 0 radical (unpaired) electrons. The number of halogens is 1. The molecule has 3 aromatic rings. The minimum Gasteiger partial charge on any atom is -0.378 e. The second-order valence-electron chi connectivity index (χ2n) is 7.50. The van der Waals surface area contributed by atoms with Crippen molar-refractivity contribution in [1.82, 2.24) is 5.43 Å². The van der Waals surface area contributed by atoms with Crippen LogP contribution in [0.4, 0.5) is 11.4 Å². The van der Waals surface area contributed by atoms with Crippen LogP contribution in [0.25, 0.3) is 0 Å². The average molecular weight is 463 g/mol. The van der Waals surface area contributed by atoms with Crippen molar-refractivity contribution in [1.29, 1.82) is 0 Å². The summed E-state index contributed by atoms with van der Waals surface area (Å²) in [6.07, 6.45) is 1.65. The number of nitrogens with zero attached hydrogens (tertiary/aromatic N) is 3. The van der Waals surface area contributed by atoms with E-state index in [9.17, 15) is 4.79 Å². The number of rotatable bonds is 5. The van der Waals surface area contributed by atoms with Crippen LogP contribution in [-0.2, 0) is 13.1 Å². The fraction of sp³-hybridized carbons (Fsp3) is 0.167. The molecule has 0 aliphatic carbocycles. The molecule has 1 aliphatic heterocycles. The molecule has 152 valence electrons. The standard InChI is InChI=1S/C24H23BrN4O/c1-28(2)22-9-3-17(4-10-22)14-26-27-24(30)18-5-6-19-15-29(16-20(19)13-18)23-11-7-21(25)8-12-23/h3-14H,15-16H2,1-2H3,(H,27,30)/b26-14+. The lowest BCUT2D eigenvalue weighted by Gasteiger charge is -2.17. The minimum absolute atomic E-state index is 0.207. The molecule has 0 unspecified atom stereocenters. The van der Waals surface area contributed by atoms with E-state index in [1.54, 1.807) is 6.21 Å². The quantitative estimate of drug-likeness (QED) is 0.437. The Labute approximate surface area is 185 Å². The third-order valence-corrected chi connectivity index (χ3v) is 5.70. The van der Waals surface area contributed by atoms with Gasteiger partial charge in [-0.05, 0) is 65.2 Å². The molecule has 1 amide bonds. The van der Waals surface area contributed by atoms with Crippen LogP contribution in [0.1, 0.15) is 27.0 Å². The van der Waals surface area contributed by atoms with Gasteiger partial charge in [0.1, 0.15) is 0 Å². The maximum absolute atomic E-state index is 12.5. The first-order valence-electron chi connectivity index (χ1n) is 9.73. The van der Waals surface area contributed by atoms with Gasteiger partial charge in [0.05, 0.1) is 6.21 Å². The van der Waals surface area contributed by atoms with Crippen molar-refractivity contribution in [2.75, 3.05) is 23.9 Å². The number of fused-ring (bicyclic) bond motifs is 1. The summed E-state index contributed by atoms with van der Waals surface area (Å²) < 4.78 is 1.07. The molecule has 30 heavy (non-hydrogen) atoms. The van der Waals surface area contributed by atoms with Crippen LogP contribution in [0.3, 0.4) is 0 Å². The fourth-order valence-corrected chi connectivity index (χ4v) is 3.72. The van der Waals surface area contributed by atoms with Gasteiger partial charge in [-0.1, -0.05) is 34.1 Å². The van der Waals surface area contributed by atoms with Crippen molar-refractivity contribution in [2.45, 2.75) is 13.1 Å². The van der Waals surface area contributed by atoms with Gasteiger partial charge in [0.15, 0.2) is 0 Å². The zero-order chi connectivity index (χ0) is 21.1. The Morgan fingerprint density at radius 3 is 2.40 bits per heavy atom. The van der Waals surface area contributed by atoms with Crippen molar-refractivity contribution in [3.05, 3.63) is 93.5 Å². The second-order valence-corrected chi connectivity index (χ2v) is 8.42. The SMILES string of the molecule is CN(C)c1ccc(/C=N/NC(=O)c2ccc3c(c2)CN(c2ccc(Br)cc2)C3)cc1. The molecule has 0 saturated carbocycles. The Bertz CT molecular complexity index is 1080. The normalized spacial score (nSPS) is 12.8. The molecule has 0 aromatic heterocycles. The van der Waals surface area contributed by atoms with Gasteiger partial charge in [-0.3, -0.25) is 4.79 Å². The molecule has 1 heterocycles. The maximum Gasteiger partial charge on any atom is 0.271 e. The first-order chi connectivity index (χ1) is 14.5. The van der Waals surface area contributed by atoms with E-state index in [0.717, 1.165) is 28.8 Å². The zero-order valence-electron chi connectivity index (χ0n) is 17.0. The molecular weight excluding hydrogens is 440 g/mol. The number of anilines is 2. The van der Waals surface area contributed by atoms with Crippen LogP contribution in [0.15, 0.2) is 76.3 Å².